The molecule has 0 aromatic heterocycles. The zero-order chi connectivity index (χ0) is 89.1. The van der Waals surface area contributed by atoms with E-state index in [0.717, 1.165) is 0 Å². The minimum absolute atomic E-state index is 1.19. The van der Waals surface area contributed by atoms with Gasteiger partial charge in [0, 0.05) is 8.95 Å². The Bertz CT molecular complexity index is 6660. The van der Waals surface area contributed by atoms with E-state index in [1.165, 1.54) is 243 Å². The van der Waals surface area contributed by atoms with Gasteiger partial charge in [-0.15, -0.1) is 0 Å². The summed E-state index contributed by atoms with van der Waals surface area (Å²) < 4.78 is 2.38. The van der Waals surface area contributed by atoms with Crippen molar-refractivity contribution in [3.8, 4) is 189 Å². The highest BCUT2D eigenvalue weighted by Gasteiger charge is 2.17. The van der Waals surface area contributed by atoms with E-state index in [-0.39, 0.29) is 0 Å². The molecular weight excluding hydrogens is 1700 g/mol. The normalized spacial score (nSPS) is 11.0. The van der Waals surface area contributed by atoms with Gasteiger partial charge in [-0.2, -0.15) is 0 Å². The molecular formula is C128H100Br2. The predicted octanol–water partition coefficient (Wildman–Crippen LogP) is 37.4. The first-order chi connectivity index (χ1) is 63.4. The lowest BCUT2D eigenvalue weighted by Crippen LogP contribution is -1.89. The van der Waals surface area contributed by atoms with Crippen molar-refractivity contribution < 1.29 is 0 Å². The molecule has 0 N–H and O–H groups in total. The van der Waals surface area contributed by atoms with Crippen LogP contribution < -0.4 is 0 Å². The fraction of sp³-hybridized carbons (Fsp3) is 0.0625. The molecule has 20 rings (SSSR count). The maximum atomic E-state index is 3.68. The monoisotopic (exact) mass is 1790 g/mol. The maximum Gasteiger partial charge on any atom is 0.0234 e. The van der Waals surface area contributed by atoms with Gasteiger partial charge in [0.1, 0.15) is 0 Å². The number of benzene rings is 20. The van der Waals surface area contributed by atoms with Crippen molar-refractivity contribution in [1.82, 2.24) is 0 Å². The number of rotatable bonds is 17. The van der Waals surface area contributed by atoms with Crippen LogP contribution in [-0.4, -0.2) is 0 Å². The highest BCUT2D eigenvalue weighted by molar-refractivity contribution is 9.11. The molecule has 0 heterocycles. The molecule has 0 atom stereocenters. The largest absolute Gasteiger partial charge is 0.0622 e. The third-order valence-corrected chi connectivity index (χ3v) is 27.3. The van der Waals surface area contributed by atoms with Crippen LogP contribution in [0.4, 0.5) is 0 Å². The van der Waals surface area contributed by atoms with E-state index >= 15 is 0 Å². The summed E-state index contributed by atoms with van der Waals surface area (Å²) in [7, 11) is 0. The van der Waals surface area contributed by atoms with Gasteiger partial charge in [-0.1, -0.05) is 442 Å². The molecule has 20 aromatic rings. The number of hydrogen-bond acceptors (Lipinski definition) is 0. The smallest absolute Gasteiger partial charge is 0.0234 e. The fourth-order valence-electron chi connectivity index (χ4n) is 17.7. The summed E-state index contributed by atoms with van der Waals surface area (Å²) in [4.78, 5) is 0. The first-order valence-electron chi connectivity index (χ1n) is 44.7. The Morgan fingerprint density at radius 1 is 0.100 bits per heavy atom. The van der Waals surface area contributed by atoms with Crippen LogP contribution in [0.3, 0.4) is 0 Å². The Balaban J connectivity index is 0.000000131. The molecule has 0 nitrogen and oxygen atoms in total. The van der Waals surface area contributed by atoms with Crippen molar-refractivity contribution in [1.29, 1.82) is 0 Å². The standard InChI is InChI=1S/C46H38.C42H30.C40H32Br2/c1-31-9-5-13-37(21-31)43-25-41(26-44(29-43)38-14-6-10-32(2)22-38)35-17-19-36(20-18-35)42-27-45(39-15-7-11-33(3)23-39)30-46(28-42)40-16-8-12-34(4)24-40;1-5-13-31(14-6-1)37-25-38(32-15-7-2-8-16-32)28-41(27-37)35-21-23-36(24-22-35)42-29-39(33-17-9-3-10-18-33)26-40(30-42)34-19-11-4-12-20-34;1-25-21-37(22-26(2)39(25)41)35-17-13-33(14-18-35)31-9-5-29(6-10-31)30-7-11-32(12-8-30)34-15-19-36(20-16-34)38-23-27(3)40(42)28(4)24-38/h5-30H,1-4H3;1-30H;5-24H,1-4H3. The van der Waals surface area contributed by atoms with Crippen molar-refractivity contribution >= 4 is 31.9 Å². The quantitative estimate of drug-likeness (QED) is 0.0852. The molecule has 0 spiro atoms. The van der Waals surface area contributed by atoms with Crippen LogP contribution in [0.2, 0.25) is 0 Å². The van der Waals surface area contributed by atoms with E-state index in [1.54, 1.807) is 0 Å². The molecule has 0 amide bonds. The minimum Gasteiger partial charge on any atom is -0.0622 e. The average Bonchev–Trinajstić information content (AvgIpc) is 0.782. The van der Waals surface area contributed by atoms with Crippen LogP contribution in [-0.2, 0) is 0 Å². The van der Waals surface area contributed by atoms with Gasteiger partial charge in [0.05, 0.1) is 0 Å². The third kappa shape index (κ3) is 20.3. The van der Waals surface area contributed by atoms with Crippen LogP contribution in [0.25, 0.3) is 189 Å². The van der Waals surface area contributed by atoms with Crippen molar-refractivity contribution in [3.63, 3.8) is 0 Å². The summed E-state index contributed by atoms with van der Waals surface area (Å²) in [6.45, 7) is 17.2. The molecule has 0 fully saturated rings. The van der Waals surface area contributed by atoms with Crippen LogP contribution >= 0.6 is 31.9 Å². The Kier molecular flexibility index (Phi) is 26.0. The van der Waals surface area contributed by atoms with Gasteiger partial charge in [-0.25, -0.2) is 0 Å². The van der Waals surface area contributed by atoms with Gasteiger partial charge in [0.25, 0.3) is 0 Å². The lowest BCUT2D eigenvalue weighted by Gasteiger charge is -2.14. The zero-order valence-corrected chi connectivity index (χ0v) is 77.8. The second-order valence-corrected chi connectivity index (χ2v) is 36.0. The van der Waals surface area contributed by atoms with Crippen molar-refractivity contribution in [2.75, 3.05) is 0 Å². The number of aryl methyl sites for hydroxylation is 8. The summed E-state index contributed by atoms with van der Waals surface area (Å²) in [6, 6.07) is 168. The lowest BCUT2D eigenvalue weighted by atomic mass is 9.90. The summed E-state index contributed by atoms with van der Waals surface area (Å²) in [5.41, 5.74) is 51.8. The van der Waals surface area contributed by atoms with E-state index in [1.807, 2.05) is 0 Å². The van der Waals surface area contributed by atoms with E-state index in [4.69, 9.17) is 0 Å². The van der Waals surface area contributed by atoms with Crippen molar-refractivity contribution in [2.24, 2.45) is 0 Å². The molecule has 130 heavy (non-hydrogen) atoms. The fourth-order valence-corrected chi connectivity index (χ4v) is 18.1. The van der Waals surface area contributed by atoms with Gasteiger partial charge in [-0.05, 0) is 340 Å². The molecule has 20 aromatic carbocycles. The van der Waals surface area contributed by atoms with Crippen molar-refractivity contribution in [2.45, 2.75) is 55.4 Å². The molecule has 0 bridgehead atoms. The molecule has 0 aliphatic heterocycles. The van der Waals surface area contributed by atoms with E-state index in [0.29, 0.717) is 0 Å². The molecule has 0 saturated carbocycles. The van der Waals surface area contributed by atoms with Crippen LogP contribution in [0.15, 0.2) is 470 Å². The average molecular weight is 1800 g/mol. The Morgan fingerprint density at radius 3 is 0.362 bits per heavy atom. The van der Waals surface area contributed by atoms with E-state index in [9.17, 15) is 0 Å². The molecule has 0 saturated heterocycles. The molecule has 0 aliphatic rings. The first-order valence-corrected chi connectivity index (χ1v) is 46.3. The molecule has 2 heteroatoms. The predicted molar refractivity (Wildman–Crippen MR) is 565 cm³/mol. The summed E-state index contributed by atoms with van der Waals surface area (Å²) >= 11 is 7.36. The summed E-state index contributed by atoms with van der Waals surface area (Å²) in [5, 5.41) is 0. The topological polar surface area (TPSA) is 0 Å². The second-order valence-electron chi connectivity index (χ2n) is 34.5. The lowest BCUT2D eigenvalue weighted by molar-refractivity contribution is 1.34. The van der Waals surface area contributed by atoms with E-state index < -0.39 is 0 Å². The first kappa shape index (κ1) is 86.1. The third-order valence-electron chi connectivity index (χ3n) is 24.7. The summed E-state index contributed by atoms with van der Waals surface area (Å²) in [5.74, 6) is 0. The maximum absolute atomic E-state index is 3.68. The SMILES string of the molecule is Cc1cc(-c2ccc(-c3ccc(-c4ccc(-c5ccc(-c6cc(C)c(Br)c(C)c6)cc5)cc4)cc3)cc2)cc(C)c1Br.Cc1cccc(-c2cc(-c3ccc(-c4cc(-c5cccc(C)c5)cc(-c5cccc(C)c5)c4)cc3)cc(-c3cccc(C)c3)c2)c1.c1ccc(-c2cc(-c3ccccc3)cc(-c3ccc(-c4cc(-c5ccccc5)cc(-c5ccccc5)c4)cc3)c2)cc1. The Hall–Kier alpha value is -14.6. The molecule has 0 unspecified atom stereocenters. The molecule has 0 radical (unpaired) electrons. The zero-order valence-electron chi connectivity index (χ0n) is 74.6. The van der Waals surface area contributed by atoms with Gasteiger partial charge in [-0.3, -0.25) is 0 Å². The van der Waals surface area contributed by atoms with Gasteiger partial charge >= 0.3 is 0 Å². The van der Waals surface area contributed by atoms with Gasteiger partial charge in [0.2, 0.25) is 0 Å². The van der Waals surface area contributed by atoms with Crippen LogP contribution in [0.5, 0.6) is 0 Å². The Morgan fingerprint density at radius 2 is 0.215 bits per heavy atom. The number of hydrogen-bond donors (Lipinski definition) is 0. The highest BCUT2D eigenvalue weighted by Crippen LogP contribution is 2.43. The summed E-state index contributed by atoms with van der Waals surface area (Å²) in [6.07, 6.45) is 0. The van der Waals surface area contributed by atoms with E-state index in [2.05, 4.69) is 548 Å². The number of halogens is 2. The van der Waals surface area contributed by atoms with Gasteiger partial charge in [0.15, 0.2) is 0 Å². The minimum atomic E-state index is 1.19. The van der Waals surface area contributed by atoms with Gasteiger partial charge < -0.3 is 0 Å². The van der Waals surface area contributed by atoms with Crippen LogP contribution in [0, 0.1) is 55.4 Å². The van der Waals surface area contributed by atoms with Crippen molar-refractivity contribution in [3.05, 3.63) is 514 Å². The highest BCUT2D eigenvalue weighted by atomic mass is 79.9. The second kappa shape index (κ2) is 39.3. The molecule has 626 valence electrons. The molecule has 0 aliphatic carbocycles. The Labute approximate surface area is 784 Å². The van der Waals surface area contributed by atoms with Crippen LogP contribution in [0.1, 0.15) is 44.5 Å².